The molecule has 2 aromatic rings. The molecular weight excluding hydrogens is 334 g/mol. The monoisotopic (exact) mass is 357 g/mol. The number of carbonyl (C=O) groups is 2. The molecule has 6 heteroatoms. The summed E-state index contributed by atoms with van der Waals surface area (Å²) in [5, 5.41) is 11.9. The minimum Gasteiger partial charge on any atom is -0.491 e. The summed E-state index contributed by atoms with van der Waals surface area (Å²) in [4.78, 5) is 24.3. The van der Waals surface area contributed by atoms with E-state index in [0.717, 1.165) is 5.56 Å². The molecule has 1 atom stereocenters. The maximum absolute atomic E-state index is 12.3. The van der Waals surface area contributed by atoms with Crippen LogP contribution in [0.5, 0.6) is 5.75 Å². The van der Waals surface area contributed by atoms with Crippen LogP contribution < -0.4 is 10.1 Å². The van der Waals surface area contributed by atoms with E-state index in [4.69, 9.17) is 9.47 Å². The quantitative estimate of drug-likeness (QED) is 0.708. The number of esters is 1. The van der Waals surface area contributed by atoms with Gasteiger partial charge in [0, 0.05) is 5.56 Å². The van der Waals surface area contributed by atoms with Crippen LogP contribution in [-0.4, -0.2) is 35.7 Å². The molecule has 0 saturated heterocycles. The van der Waals surface area contributed by atoms with Gasteiger partial charge in [-0.1, -0.05) is 30.3 Å². The van der Waals surface area contributed by atoms with E-state index in [1.807, 2.05) is 44.2 Å². The molecule has 2 aromatic carbocycles. The van der Waals surface area contributed by atoms with E-state index in [1.54, 1.807) is 24.3 Å². The third-order valence-corrected chi connectivity index (χ3v) is 3.48. The van der Waals surface area contributed by atoms with Crippen molar-refractivity contribution < 1.29 is 24.2 Å². The molecule has 0 aliphatic heterocycles. The van der Waals surface area contributed by atoms with E-state index in [9.17, 15) is 14.7 Å². The fourth-order valence-corrected chi connectivity index (χ4v) is 2.21. The van der Waals surface area contributed by atoms with Gasteiger partial charge in [-0.15, -0.1) is 0 Å². The summed E-state index contributed by atoms with van der Waals surface area (Å²) in [6, 6.07) is 14.6. The summed E-state index contributed by atoms with van der Waals surface area (Å²) in [7, 11) is 0. The number of ether oxygens (including phenoxy) is 2. The normalized spacial score (nSPS) is 11.7. The van der Waals surface area contributed by atoms with E-state index in [0.29, 0.717) is 11.3 Å². The molecule has 138 valence electrons. The second-order valence-corrected chi connectivity index (χ2v) is 5.99. The summed E-state index contributed by atoms with van der Waals surface area (Å²) in [6.07, 6.45) is 0.0350. The molecule has 6 nitrogen and oxygen atoms in total. The molecule has 0 bridgehead atoms. The molecule has 0 unspecified atom stereocenters. The molecular formula is C20H23NO5. The Labute approximate surface area is 152 Å². The van der Waals surface area contributed by atoms with E-state index < -0.39 is 24.5 Å². The van der Waals surface area contributed by atoms with Crippen LogP contribution in [0.3, 0.4) is 0 Å². The summed E-state index contributed by atoms with van der Waals surface area (Å²) in [5.74, 6) is -0.515. The first kappa shape index (κ1) is 19.5. The van der Waals surface area contributed by atoms with Gasteiger partial charge in [0.05, 0.1) is 12.7 Å². The predicted octanol–water partition coefficient (Wildman–Crippen LogP) is 2.31. The molecule has 0 aliphatic rings. The Balaban J connectivity index is 1.91. The lowest BCUT2D eigenvalue weighted by Crippen LogP contribution is -2.44. The highest BCUT2D eigenvalue weighted by molar-refractivity contribution is 5.96. The van der Waals surface area contributed by atoms with E-state index in [2.05, 4.69) is 5.32 Å². The zero-order valence-corrected chi connectivity index (χ0v) is 14.8. The number of rotatable bonds is 8. The van der Waals surface area contributed by atoms with Gasteiger partial charge in [0.2, 0.25) is 0 Å². The van der Waals surface area contributed by atoms with Crippen molar-refractivity contribution in [1.29, 1.82) is 0 Å². The van der Waals surface area contributed by atoms with Gasteiger partial charge in [-0.05, 0) is 43.7 Å². The zero-order valence-electron chi connectivity index (χ0n) is 14.8. The highest BCUT2D eigenvalue weighted by atomic mass is 16.5. The summed E-state index contributed by atoms with van der Waals surface area (Å²) in [6.45, 7) is 3.35. The maximum atomic E-state index is 12.3. The molecule has 0 spiro atoms. The summed E-state index contributed by atoms with van der Waals surface area (Å²) < 4.78 is 10.7. The van der Waals surface area contributed by atoms with Crippen molar-refractivity contribution in [3.05, 3.63) is 65.7 Å². The number of hydrogen-bond donors (Lipinski definition) is 2. The molecule has 2 N–H and O–H groups in total. The van der Waals surface area contributed by atoms with Gasteiger partial charge in [0.25, 0.3) is 5.91 Å². The van der Waals surface area contributed by atoms with Gasteiger partial charge in [-0.2, -0.15) is 0 Å². The van der Waals surface area contributed by atoms with Crippen molar-refractivity contribution >= 4 is 11.9 Å². The average molecular weight is 357 g/mol. The fourth-order valence-electron chi connectivity index (χ4n) is 2.21. The first-order valence-electron chi connectivity index (χ1n) is 8.38. The first-order chi connectivity index (χ1) is 12.5. The fraction of sp³-hybridized carbons (Fsp3) is 0.300. The Kier molecular flexibility index (Phi) is 7.17. The number of amides is 1. The van der Waals surface area contributed by atoms with Gasteiger partial charge in [-0.25, -0.2) is 4.79 Å². The number of carbonyl (C=O) groups excluding carboxylic acids is 2. The largest absolute Gasteiger partial charge is 0.491 e. The first-order valence-corrected chi connectivity index (χ1v) is 8.38. The molecule has 0 fully saturated rings. The number of aliphatic hydroxyl groups is 1. The van der Waals surface area contributed by atoms with Crippen molar-refractivity contribution in [3.63, 3.8) is 0 Å². The van der Waals surface area contributed by atoms with Crippen LogP contribution in [0.4, 0.5) is 0 Å². The third-order valence-electron chi connectivity index (χ3n) is 3.48. The van der Waals surface area contributed by atoms with Crippen LogP contribution in [0, 0.1) is 0 Å². The molecule has 0 radical (unpaired) electrons. The Hall–Kier alpha value is -2.86. The Morgan fingerprint density at radius 3 is 2.27 bits per heavy atom. The number of benzene rings is 2. The van der Waals surface area contributed by atoms with Gasteiger partial charge >= 0.3 is 5.97 Å². The molecule has 0 saturated carbocycles. The van der Waals surface area contributed by atoms with Crippen molar-refractivity contribution in [2.24, 2.45) is 0 Å². The molecule has 0 aromatic heterocycles. The van der Waals surface area contributed by atoms with Crippen molar-refractivity contribution in [2.45, 2.75) is 32.6 Å². The SMILES string of the molecule is CC(C)Oc1ccc(C(=O)N[C@@H](CO)C(=O)OCc2ccccc2)cc1. The Bertz CT molecular complexity index is 713. The summed E-state index contributed by atoms with van der Waals surface area (Å²) >= 11 is 0. The average Bonchev–Trinajstić information content (AvgIpc) is 2.65. The van der Waals surface area contributed by atoms with Crippen molar-refractivity contribution in [1.82, 2.24) is 5.32 Å². The minimum absolute atomic E-state index is 0.0350. The highest BCUT2D eigenvalue weighted by Gasteiger charge is 2.22. The second kappa shape index (κ2) is 9.58. The second-order valence-electron chi connectivity index (χ2n) is 5.99. The standard InChI is InChI=1S/C20H23NO5/c1-14(2)26-17-10-8-16(9-11-17)19(23)21-18(12-22)20(24)25-13-15-6-4-3-5-7-15/h3-11,14,18,22H,12-13H2,1-2H3,(H,21,23)/t18-/m0/s1. The number of hydrogen-bond acceptors (Lipinski definition) is 5. The van der Waals surface area contributed by atoms with Crippen LogP contribution in [0.25, 0.3) is 0 Å². The zero-order chi connectivity index (χ0) is 18.9. The lowest BCUT2D eigenvalue weighted by atomic mass is 10.2. The molecule has 0 aliphatic carbocycles. The van der Waals surface area contributed by atoms with Crippen LogP contribution in [0.15, 0.2) is 54.6 Å². The van der Waals surface area contributed by atoms with Crippen molar-refractivity contribution in [3.8, 4) is 5.75 Å². The topological polar surface area (TPSA) is 84.9 Å². The van der Waals surface area contributed by atoms with E-state index in [1.165, 1.54) is 0 Å². The van der Waals surface area contributed by atoms with Crippen LogP contribution >= 0.6 is 0 Å². The minimum atomic E-state index is -1.13. The highest BCUT2D eigenvalue weighted by Crippen LogP contribution is 2.14. The molecule has 2 rings (SSSR count). The number of nitrogens with one attached hydrogen (secondary N) is 1. The summed E-state index contributed by atoms with van der Waals surface area (Å²) in [5.41, 5.74) is 1.18. The predicted molar refractivity (Wildman–Crippen MR) is 96.8 cm³/mol. The van der Waals surface area contributed by atoms with Crippen LogP contribution in [0.1, 0.15) is 29.8 Å². The smallest absolute Gasteiger partial charge is 0.331 e. The molecule has 1 amide bonds. The van der Waals surface area contributed by atoms with Crippen LogP contribution in [-0.2, 0) is 16.1 Å². The Morgan fingerprint density at radius 2 is 1.69 bits per heavy atom. The molecule has 26 heavy (non-hydrogen) atoms. The lowest BCUT2D eigenvalue weighted by Gasteiger charge is -2.16. The third kappa shape index (κ3) is 5.89. The maximum Gasteiger partial charge on any atom is 0.331 e. The van der Waals surface area contributed by atoms with Crippen molar-refractivity contribution in [2.75, 3.05) is 6.61 Å². The van der Waals surface area contributed by atoms with Gasteiger partial charge in [-0.3, -0.25) is 4.79 Å². The van der Waals surface area contributed by atoms with E-state index >= 15 is 0 Å². The lowest BCUT2D eigenvalue weighted by molar-refractivity contribution is -0.148. The Morgan fingerprint density at radius 1 is 1.04 bits per heavy atom. The van der Waals surface area contributed by atoms with E-state index in [-0.39, 0.29) is 12.7 Å². The van der Waals surface area contributed by atoms with Crippen LogP contribution in [0.2, 0.25) is 0 Å². The van der Waals surface area contributed by atoms with Gasteiger partial charge in [0.1, 0.15) is 12.4 Å². The number of aliphatic hydroxyl groups excluding tert-OH is 1. The van der Waals surface area contributed by atoms with Gasteiger partial charge in [0.15, 0.2) is 6.04 Å². The molecule has 0 heterocycles. The van der Waals surface area contributed by atoms with Gasteiger partial charge < -0.3 is 19.9 Å².